The topological polar surface area (TPSA) is 34.1 Å². The summed E-state index contributed by atoms with van der Waals surface area (Å²) in [7, 11) is 0. The monoisotopic (exact) mass is 184 g/mol. The molecule has 0 N–H and O–H groups in total. The van der Waals surface area contributed by atoms with Gasteiger partial charge in [0.05, 0.1) is 0 Å². The molecule has 0 saturated carbocycles. The van der Waals surface area contributed by atoms with Crippen molar-refractivity contribution >= 4 is 11.6 Å². The average Bonchev–Trinajstić information content (AvgIpc) is 2.10. The molecule has 0 saturated heterocycles. The highest BCUT2D eigenvalue weighted by atomic mass is 16.2. The van der Waals surface area contributed by atoms with E-state index in [0.29, 0.717) is 6.42 Å². The first kappa shape index (κ1) is 12.3. The molecule has 2 nitrogen and oxygen atoms in total. The normalized spacial score (nSPS) is 10.5. The highest BCUT2D eigenvalue weighted by Gasteiger charge is 2.16. The summed E-state index contributed by atoms with van der Waals surface area (Å²) in [4.78, 5) is 22.4. The number of unbranched alkanes of at least 4 members (excludes halogenated alkanes) is 3. The van der Waals surface area contributed by atoms with Gasteiger partial charge in [-0.1, -0.05) is 40.0 Å². The average molecular weight is 184 g/mol. The molecule has 0 fully saturated rings. The van der Waals surface area contributed by atoms with Crippen LogP contribution < -0.4 is 0 Å². The summed E-state index contributed by atoms with van der Waals surface area (Å²) in [5, 5.41) is 0. The van der Waals surface area contributed by atoms with Crippen molar-refractivity contribution in [2.45, 2.75) is 52.9 Å². The first-order valence-corrected chi connectivity index (χ1v) is 5.16. The van der Waals surface area contributed by atoms with Gasteiger partial charge < -0.3 is 0 Å². The van der Waals surface area contributed by atoms with Gasteiger partial charge in [0.1, 0.15) is 0 Å². The third kappa shape index (κ3) is 5.56. The summed E-state index contributed by atoms with van der Waals surface area (Å²) < 4.78 is 0. The summed E-state index contributed by atoms with van der Waals surface area (Å²) in [5.41, 5.74) is 0. The zero-order chi connectivity index (χ0) is 10.3. The quantitative estimate of drug-likeness (QED) is 0.450. The summed E-state index contributed by atoms with van der Waals surface area (Å²) in [6, 6.07) is 0. The minimum absolute atomic E-state index is 0.140. The van der Waals surface area contributed by atoms with Crippen LogP contribution in [0.3, 0.4) is 0 Å². The van der Waals surface area contributed by atoms with Crippen LogP contribution in [0, 0.1) is 5.92 Å². The van der Waals surface area contributed by atoms with Gasteiger partial charge in [-0.05, 0) is 6.42 Å². The van der Waals surface area contributed by atoms with E-state index in [0.717, 1.165) is 25.7 Å². The van der Waals surface area contributed by atoms with E-state index in [2.05, 4.69) is 6.92 Å². The number of carbonyl (C=O) groups is 2. The zero-order valence-electron chi connectivity index (χ0n) is 8.93. The molecular formula is C11H20O2. The fourth-order valence-electron chi connectivity index (χ4n) is 1.16. The zero-order valence-corrected chi connectivity index (χ0v) is 8.93. The van der Waals surface area contributed by atoms with Crippen molar-refractivity contribution in [2.75, 3.05) is 0 Å². The van der Waals surface area contributed by atoms with Crippen LogP contribution in [0.5, 0.6) is 0 Å². The van der Waals surface area contributed by atoms with Crippen LogP contribution in [0.4, 0.5) is 0 Å². The van der Waals surface area contributed by atoms with Crippen molar-refractivity contribution in [1.82, 2.24) is 0 Å². The summed E-state index contributed by atoms with van der Waals surface area (Å²) >= 11 is 0. The van der Waals surface area contributed by atoms with E-state index in [1.807, 2.05) is 0 Å². The SMILES string of the molecule is CCCCCCC(=O)C(=O)C(C)C. The second kappa shape index (κ2) is 6.81. The van der Waals surface area contributed by atoms with Crippen LogP contribution in [0.15, 0.2) is 0 Å². The van der Waals surface area contributed by atoms with Crippen molar-refractivity contribution < 1.29 is 9.59 Å². The molecule has 0 bridgehead atoms. The Morgan fingerprint density at radius 1 is 1.08 bits per heavy atom. The maximum absolute atomic E-state index is 11.2. The third-order valence-corrected chi connectivity index (χ3v) is 2.06. The Morgan fingerprint density at radius 2 is 1.69 bits per heavy atom. The number of ketones is 2. The molecule has 0 aliphatic carbocycles. The van der Waals surface area contributed by atoms with Crippen molar-refractivity contribution in [1.29, 1.82) is 0 Å². The number of hydrogen-bond donors (Lipinski definition) is 0. The third-order valence-electron chi connectivity index (χ3n) is 2.06. The van der Waals surface area contributed by atoms with E-state index in [4.69, 9.17) is 0 Å². The number of carbonyl (C=O) groups excluding carboxylic acids is 2. The number of rotatable bonds is 7. The van der Waals surface area contributed by atoms with Crippen LogP contribution in [0.2, 0.25) is 0 Å². The molecular weight excluding hydrogens is 164 g/mol. The van der Waals surface area contributed by atoms with Crippen LogP contribution >= 0.6 is 0 Å². The van der Waals surface area contributed by atoms with Gasteiger partial charge in [-0.2, -0.15) is 0 Å². The molecule has 13 heavy (non-hydrogen) atoms. The number of Topliss-reactive ketones (excluding diaryl/α,β-unsaturated/α-hetero) is 2. The van der Waals surface area contributed by atoms with Crippen LogP contribution in [0.1, 0.15) is 52.9 Å². The Hall–Kier alpha value is -0.660. The second-order valence-corrected chi connectivity index (χ2v) is 3.75. The Labute approximate surface area is 80.7 Å². The molecule has 0 aromatic rings. The lowest BCUT2D eigenvalue weighted by Gasteiger charge is -2.02. The molecule has 0 radical (unpaired) electrons. The standard InChI is InChI=1S/C11H20O2/c1-4-5-6-7-8-10(12)11(13)9(2)3/h9H,4-8H2,1-3H3. The molecule has 0 aromatic carbocycles. The molecule has 2 heteroatoms. The molecule has 0 aliphatic heterocycles. The highest BCUT2D eigenvalue weighted by molar-refractivity contribution is 6.37. The number of hydrogen-bond acceptors (Lipinski definition) is 2. The maximum atomic E-state index is 11.2. The Bertz CT molecular complexity index is 171. The molecule has 0 aliphatic rings. The van der Waals surface area contributed by atoms with Crippen molar-refractivity contribution in [3.05, 3.63) is 0 Å². The summed E-state index contributed by atoms with van der Waals surface area (Å²) in [5.74, 6) is -0.540. The first-order chi connectivity index (χ1) is 6.09. The van der Waals surface area contributed by atoms with Gasteiger partial charge in [0.25, 0.3) is 0 Å². The van der Waals surface area contributed by atoms with Gasteiger partial charge in [-0.25, -0.2) is 0 Å². The maximum Gasteiger partial charge on any atom is 0.200 e. The van der Waals surface area contributed by atoms with Gasteiger partial charge in [0, 0.05) is 12.3 Å². The fraction of sp³-hybridized carbons (Fsp3) is 0.818. The Balaban J connectivity index is 3.57. The summed E-state index contributed by atoms with van der Waals surface area (Å²) in [6.07, 6.45) is 4.69. The Kier molecular flexibility index (Phi) is 6.47. The lowest BCUT2D eigenvalue weighted by atomic mass is 10.0. The van der Waals surface area contributed by atoms with E-state index in [-0.39, 0.29) is 17.5 Å². The fourth-order valence-corrected chi connectivity index (χ4v) is 1.16. The smallest absolute Gasteiger partial charge is 0.200 e. The van der Waals surface area contributed by atoms with Gasteiger partial charge in [-0.15, -0.1) is 0 Å². The molecule has 0 rings (SSSR count). The lowest BCUT2D eigenvalue weighted by molar-refractivity contribution is -0.138. The molecule has 0 atom stereocenters. The van der Waals surface area contributed by atoms with Crippen LogP contribution in [-0.4, -0.2) is 11.6 Å². The predicted molar refractivity (Wildman–Crippen MR) is 53.6 cm³/mol. The van der Waals surface area contributed by atoms with Crippen molar-refractivity contribution in [3.8, 4) is 0 Å². The first-order valence-electron chi connectivity index (χ1n) is 5.16. The molecule has 0 aromatic heterocycles. The molecule has 0 spiro atoms. The molecule has 76 valence electrons. The van der Waals surface area contributed by atoms with Crippen LogP contribution in [0.25, 0.3) is 0 Å². The van der Waals surface area contributed by atoms with Gasteiger partial charge >= 0.3 is 0 Å². The van der Waals surface area contributed by atoms with E-state index in [9.17, 15) is 9.59 Å². The minimum atomic E-state index is -0.212. The minimum Gasteiger partial charge on any atom is -0.291 e. The van der Waals surface area contributed by atoms with E-state index < -0.39 is 0 Å². The molecule has 0 amide bonds. The largest absolute Gasteiger partial charge is 0.291 e. The van der Waals surface area contributed by atoms with E-state index in [1.54, 1.807) is 13.8 Å². The van der Waals surface area contributed by atoms with Crippen LogP contribution in [-0.2, 0) is 9.59 Å². The van der Waals surface area contributed by atoms with Gasteiger partial charge in [-0.3, -0.25) is 9.59 Å². The van der Waals surface area contributed by atoms with Crippen molar-refractivity contribution in [3.63, 3.8) is 0 Å². The summed E-state index contributed by atoms with van der Waals surface area (Å²) in [6.45, 7) is 5.67. The van der Waals surface area contributed by atoms with Gasteiger partial charge in [0.2, 0.25) is 5.78 Å². The van der Waals surface area contributed by atoms with E-state index in [1.165, 1.54) is 0 Å². The highest BCUT2D eigenvalue weighted by Crippen LogP contribution is 2.05. The van der Waals surface area contributed by atoms with Gasteiger partial charge in [0.15, 0.2) is 5.78 Å². The molecule has 0 heterocycles. The Morgan fingerprint density at radius 3 is 2.15 bits per heavy atom. The van der Waals surface area contributed by atoms with E-state index >= 15 is 0 Å². The second-order valence-electron chi connectivity index (χ2n) is 3.75. The predicted octanol–water partition coefficient (Wildman–Crippen LogP) is 2.75. The van der Waals surface area contributed by atoms with Crippen molar-refractivity contribution in [2.24, 2.45) is 5.92 Å². The lowest BCUT2D eigenvalue weighted by Crippen LogP contribution is -2.19. The molecule has 0 unspecified atom stereocenters.